The van der Waals surface area contributed by atoms with E-state index in [1.807, 2.05) is 12.1 Å². The number of carbonyl (C=O) groups is 1. The Morgan fingerprint density at radius 1 is 1.48 bits per heavy atom. The molecule has 0 aliphatic carbocycles. The van der Waals surface area contributed by atoms with Gasteiger partial charge in [0.25, 0.3) is 0 Å². The van der Waals surface area contributed by atoms with E-state index in [4.69, 9.17) is 11.6 Å². The number of aromatic nitrogens is 1. The fraction of sp³-hybridized carbons (Fsp3) is 0.267. The van der Waals surface area contributed by atoms with Crippen molar-refractivity contribution in [3.63, 3.8) is 0 Å². The first-order chi connectivity index (χ1) is 10.1. The van der Waals surface area contributed by atoms with Gasteiger partial charge >= 0.3 is 5.97 Å². The summed E-state index contributed by atoms with van der Waals surface area (Å²) in [4.78, 5) is 14.1. The minimum Gasteiger partial charge on any atom is -0.464 e. The van der Waals surface area contributed by atoms with E-state index in [0.29, 0.717) is 29.4 Å². The summed E-state index contributed by atoms with van der Waals surface area (Å²) >= 11 is 6.03. The van der Waals surface area contributed by atoms with Crippen LogP contribution in [0.25, 0.3) is 0 Å². The second-order valence-corrected chi connectivity index (χ2v) is 4.99. The minimum atomic E-state index is -0.683. The van der Waals surface area contributed by atoms with Gasteiger partial charge in [0.1, 0.15) is 5.69 Å². The Labute approximate surface area is 127 Å². The molecule has 1 unspecified atom stereocenters. The molecule has 2 aromatic rings. The molecule has 112 valence electrons. The van der Waals surface area contributed by atoms with Gasteiger partial charge in [-0.3, -0.25) is 0 Å². The highest BCUT2D eigenvalue weighted by atomic mass is 35.5. The van der Waals surface area contributed by atoms with E-state index >= 15 is 0 Å². The Morgan fingerprint density at radius 2 is 2.24 bits per heavy atom. The van der Waals surface area contributed by atoms with Gasteiger partial charge in [-0.05, 0) is 17.7 Å². The molecule has 21 heavy (non-hydrogen) atoms. The van der Waals surface area contributed by atoms with Crippen molar-refractivity contribution >= 4 is 17.6 Å². The SMILES string of the molecule is COC(=O)c1cc(CNCC(O)c2ccccc2Cl)c[nH]1. The number of hydrogen-bond donors (Lipinski definition) is 3. The molecular weight excluding hydrogens is 292 g/mol. The van der Waals surface area contributed by atoms with Gasteiger partial charge in [-0.25, -0.2) is 4.79 Å². The van der Waals surface area contributed by atoms with Crippen molar-refractivity contribution in [3.8, 4) is 0 Å². The molecule has 1 atom stereocenters. The number of benzene rings is 1. The highest BCUT2D eigenvalue weighted by Crippen LogP contribution is 2.21. The van der Waals surface area contributed by atoms with Gasteiger partial charge in [0, 0.05) is 29.9 Å². The Bertz CT molecular complexity index is 612. The molecule has 1 aromatic carbocycles. The zero-order chi connectivity index (χ0) is 15.2. The van der Waals surface area contributed by atoms with Crippen LogP contribution in [0, 0.1) is 0 Å². The van der Waals surface area contributed by atoms with E-state index in [2.05, 4.69) is 15.0 Å². The molecular formula is C15H17ClN2O3. The summed E-state index contributed by atoms with van der Waals surface area (Å²) in [7, 11) is 1.33. The lowest BCUT2D eigenvalue weighted by molar-refractivity contribution is 0.0595. The van der Waals surface area contributed by atoms with E-state index in [9.17, 15) is 9.90 Å². The average Bonchev–Trinajstić information content (AvgIpc) is 2.95. The Hall–Kier alpha value is -1.82. The van der Waals surface area contributed by atoms with Gasteiger partial charge < -0.3 is 20.1 Å². The lowest BCUT2D eigenvalue weighted by Crippen LogP contribution is -2.21. The summed E-state index contributed by atoms with van der Waals surface area (Å²) in [5, 5.41) is 13.7. The third-order valence-corrected chi connectivity index (χ3v) is 3.42. The summed E-state index contributed by atoms with van der Waals surface area (Å²) in [5.41, 5.74) is 2.00. The number of H-pyrrole nitrogens is 1. The van der Waals surface area contributed by atoms with Crippen LogP contribution in [0.4, 0.5) is 0 Å². The monoisotopic (exact) mass is 308 g/mol. The van der Waals surface area contributed by atoms with E-state index in [1.165, 1.54) is 7.11 Å². The first-order valence-corrected chi connectivity index (χ1v) is 6.88. The van der Waals surface area contributed by atoms with Crippen LogP contribution in [-0.2, 0) is 11.3 Å². The van der Waals surface area contributed by atoms with Gasteiger partial charge in [0.05, 0.1) is 13.2 Å². The number of rotatable bonds is 6. The minimum absolute atomic E-state index is 0.364. The van der Waals surface area contributed by atoms with Crippen LogP contribution >= 0.6 is 11.6 Å². The average molecular weight is 309 g/mol. The molecule has 0 amide bonds. The fourth-order valence-electron chi connectivity index (χ4n) is 1.98. The topological polar surface area (TPSA) is 74.3 Å². The van der Waals surface area contributed by atoms with E-state index in [1.54, 1.807) is 24.4 Å². The molecule has 0 aliphatic rings. The van der Waals surface area contributed by atoms with Gasteiger partial charge in [-0.1, -0.05) is 29.8 Å². The molecule has 0 spiro atoms. The van der Waals surface area contributed by atoms with Gasteiger partial charge in [0.2, 0.25) is 0 Å². The number of aromatic amines is 1. The van der Waals surface area contributed by atoms with Gasteiger partial charge in [-0.2, -0.15) is 0 Å². The largest absolute Gasteiger partial charge is 0.464 e. The van der Waals surface area contributed by atoms with Crippen LogP contribution in [0.5, 0.6) is 0 Å². The molecule has 0 bridgehead atoms. The third-order valence-electron chi connectivity index (χ3n) is 3.08. The van der Waals surface area contributed by atoms with Crippen molar-refractivity contribution in [2.45, 2.75) is 12.6 Å². The van der Waals surface area contributed by atoms with E-state index < -0.39 is 12.1 Å². The van der Waals surface area contributed by atoms with Crippen molar-refractivity contribution in [2.75, 3.05) is 13.7 Å². The Balaban J connectivity index is 1.85. The van der Waals surface area contributed by atoms with E-state index in [-0.39, 0.29) is 0 Å². The number of hydrogen-bond acceptors (Lipinski definition) is 4. The maximum atomic E-state index is 11.3. The second kappa shape index (κ2) is 7.26. The number of esters is 1. The molecule has 0 radical (unpaired) electrons. The van der Waals surface area contributed by atoms with Gasteiger partial charge in [-0.15, -0.1) is 0 Å². The predicted molar refractivity (Wildman–Crippen MR) is 80.3 cm³/mol. The van der Waals surface area contributed by atoms with Crippen molar-refractivity contribution in [1.29, 1.82) is 0 Å². The summed E-state index contributed by atoms with van der Waals surface area (Å²) in [6.45, 7) is 0.886. The normalized spacial score (nSPS) is 12.1. The predicted octanol–water partition coefficient (Wildman–Crippen LogP) is 2.28. The zero-order valence-corrected chi connectivity index (χ0v) is 12.4. The van der Waals surface area contributed by atoms with Crippen molar-refractivity contribution in [3.05, 3.63) is 58.4 Å². The second-order valence-electron chi connectivity index (χ2n) is 4.58. The molecule has 0 saturated carbocycles. The summed E-state index contributed by atoms with van der Waals surface area (Å²) in [6, 6.07) is 8.90. The maximum absolute atomic E-state index is 11.3. The number of halogens is 1. The lowest BCUT2D eigenvalue weighted by Gasteiger charge is -2.13. The van der Waals surface area contributed by atoms with E-state index in [0.717, 1.165) is 5.56 Å². The molecule has 3 N–H and O–H groups in total. The Kier molecular flexibility index (Phi) is 5.38. The lowest BCUT2D eigenvalue weighted by atomic mass is 10.1. The number of carbonyl (C=O) groups excluding carboxylic acids is 1. The van der Waals surface area contributed by atoms with Crippen LogP contribution in [0.2, 0.25) is 5.02 Å². The van der Waals surface area contributed by atoms with Crippen LogP contribution < -0.4 is 5.32 Å². The molecule has 2 rings (SSSR count). The standard InChI is InChI=1S/C15H17ClN2O3/c1-21-15(20)13-6-10(8-18-13)7-17-9-14(19)11-4-2-3-5-12(11)16/h2-6,8,14,17-19H,7,9H2,1H3. The molecule has 1 aromatic heterocycles. The zero-order valence-electron chi connectivity index (χ0n) is 11.6. The third kappa shape index (κ3) is 4.07. The first-order valence-electron chi connectivity index (χ1n) is 6.50. The molecule has 0 saturated heterocycles. The number of nitrogens with one attached hydrogen (secondary N) is 2. The summed E-state index contributed by atoms with van der Waals surface area (Å²) in [5.74, 6) is -0.405. The molecule has 0 aliphatic heterocycles. The van der Waals surface area contributed by atoms with Crippen LogP contribution in [0.1, 0.15) is 27.7 Å². The quantitative estimate of drug-likeness (QED) is 0.716. The highest BCUT2D eigenvalue weighted by molar-refractivity contribution is 6.31. The summed E-state index contributed by atoms with van der Waals surface area (Å²) < 4.78 is 4.62. The van der Waals surface area contributed by atoms with Gasteiger partial charge in [0.15, 0.2) is 0 Å². The number of aliphatic hydroxyl groups excluding tert-OH is 1. The molecule has 0 fully saturated rings. The maximum Gasteiger partial charge on any atom is 0.354 e. The number of aliphatic hydroxyl groups is 1. The summed E-state index contributed by atoms with van der Waals surface area (Å²) in [6.07, 6.45) is 1.04. The smallest absolute Gasteiger partial charge is 0.354 e. The van der Waals surface area contributed by atoms with Crippen molar-refractivity contribution in [2.24, 2.45) is 0 Å². The number of ether oxygens (including phenoxy) is 1. The highest BCUT2D eigenvalue weighted by Gasteiger charge is 2.11. The van der Waals surface area contributed by atoms with Crippen molar-refractivity contribution in [1.82, 2.24) is 10.3 Å². The fourth-order valence-corrected chi connectivity index (χ4v) is 2.24. The molecule has 1 heterocycles. The Morgan fingerprint density at radius 3 is 2.95 bits per heavy atom. The van der Waals surface area contributed by atoms with Crippen LogP contribution in [-0.4, -0.2) is 29.7 Å². The first kappa shape index (κ1) is 15.6. The van der Waals surface area contributed by atoms with Crippen molar-refractivity contribution < 1.29 is 14.6 Å². The van der Waals surface area contributed by atoms with Crippen LogP contribution in [0.3, 0.4) is 0 Å². The molecule has 6 heteroatoms. The number of methoxy groups -OCH3 is 1. The van der Waals surface area contributed by atoms with Crippen LogP contribution in [0.15, 0.2) is 36.5 Å². The molecule has 5 nitrogen and oxygen atoms in total.